The molecule has 0 atom stereocenters. The first-order valence-electron chi connectivity index (χ1n) is 6.66. The lowest BCUT2D eigenvalue weighted by Gasteiger charge is -2.20. The van der Waals surface area contributed by atoms with Crippen LogP contribution >= 0.6 is 0 Å². The maximum Gasteiger partial charge on any atom is 0.412 e. The standard InChI is InChI=1S/C15H21NO3/c1-15(2,3)19-14(17)16-12-6-4-5-7-13(12)18-10-11-8-9-11/h4-7,11H,8-10H2,1-3H3,(H,16,17). The van der Waals surface area contributed by atoms with Crippen LogP contribution in [-0.2, 0) is 4.74 Å². The van der Waals surface area contributed by atoms with E-state index in [0.717, 1.165) is 0 Å². The van der Waals surface area contributed by atoms with Gasteiger partial charge in [0.05, 0.1) is 12.3 Å². The Morgan fingerprint density at radius 3 is 2.63 bits per heavy atom. The van der Waals surface area contributed by atoms with Crippen molar-refractivity contribution >= 4 is 11.8 Å². The largest absolute Gasteiger partial charge is 0.491 e. The molecule has 0 bridgehead atoms. The normalized spacial score (nSPS) is 14.9. The molecule has 104 valence electrons. The topological polar surface area (TPSA) is 47.6 Å². The lowest BCUT2D eigenvalue weighted by molar-refractivity contribution is 0.0635. The van der Waals surface area contributed by atoms with E-state index in [9.17, 15) is 4.79 Å². The van der Waals surface area contributed by atoms with E-state index in [1.807, 2.05) is 45.0 Å². The van der Waals surface area contributed by atoms with Crippen LogP contribution in [0.2, 0.25) is 0 Å². The van der Waals surface area contributed by atoms with Gasteiger partial charge in [-0.05, 0) is 51.7 Å². The van der Waals surface area contributed by atoms with Gasteiger partial charge in [-0.3, -0.25) is 5.32 Å². The van der Waals surface area contributed by atoms with Crippen molar-refractivity contribution in [1.29, 1.82) is 0 Å². The third-order valence-corrected chi connectivity index (χ3v) is 2.69. The van der Waals surface area contributed by atoms with Crippen LogP contribution in [0.5, 0.6) is 5.75 Å². The van der Waals surface area contributed by atoms with Crippen molar-refractivity contribution in [2.75, 3.05) is 11.9 Å². The summed E-state index contributed by atoms with van der Waals surface area (Å²) in [5, 5.41) is 2.73. The number of para-hydroxylation sites is 2. The molecule has 1 saturated carbocycles. The molecule has 1 aromatic rings. The van der Waals surface area contributed by atoms with Crippen LogP contribution in [0.1, 0.15) is 33.6 Å². The Kier molecular flexibility index (Phi) is 3.98. The van der Waals surface area contributed by atoms with E-state index < -0.39 is 11.7 Å². The summed E-state index contributed by atoms with van der Waals surface area (Å²) in [6.07, 6.45) is 2.01. The number of rotatable bonds is 4. The highest BCUT2D eigenvalue weighted by Gasteiger charge is 2.23. The van der Waals surface area contributed by atoms with Crippen molar-refractivity contribution in [1.82, 2.24) is 0 Å². The van der Waals surface area contributed by atoms with Crippen LogP contribution in [-0.4, -0.2) is 18.3 Å². The second-order valence-corrected chi connectivity index (χ2v) is 5.88. The fourth-order valence-electron chi connectivity index (χ4n) is 1.60. The maximum absolute atomic E-state index is 11.7. The average molecular weight is 263 g/mol. The van der Waals surface area contributed by atoms with Crippen LogP contribution in [0.4, 0.5) is 10.5 Å². The molecule has 19 heavy (non-hydrogen) atoms. The van der Waals surface area contributed by atoms with Crippen LogP contribution in [0.25, 0.3) is 0 Å². The van der Waals surface area contributed by atoms with Crippen molar-refractivity contribution in [3.63, 3.8) is 0 Å². The van der Waals surface area contributed by atoms with Gasteiger partial charge in [-0.1, -0.05) is 12.1 Å². The number of carbonyl (C=O) groups excluding carboxylic acids is 1. The second kappa shape index (κ2) is 5.51. The molecule has 0 aliphatic heterocycles. The quantitative estimate of drug-likeness (QED) is 0.898. The minimum absolute atomic E-state index is 0.463. The minimum Gasteiger partial charge on any atom is -0.491 e. The van der Waals surface area contributed by atoms with Gasteiger partial charge in [0.15, 0.2) is 0 Å². The highest BCUT2D eigenvalue weighted by molar-refractivity contribution is 5.86. The molecule has 0 spiro atoms. The summed E-state index contributed by atoms with van der Waals surface area (Å²) in [6.45, 7) is 6.22. The second-order valence-electron chi connectivity index (χ2n) is 5.88. The van der Waals surface area contributed by atoms with Gasteiger partial charge in [-0.25, -0.2) is 4.79 Å². The van der Waals surface area contributed by atoms with Crippen molar-refractivity contribution in [3.8, 4) is 5.75 Å². The molecule has 1 aliphatic rings. The van der Waals surface area contributed by atoms with Crippen LogP contribution in [0, 0.1) is 5.92 Å². The van der Waals surface area contributed by atoms with E-state index in [0.29, 0.717) is 24.0 Å². The van der Waals surface area contributed by atoms with E-state index in [2.05, 4.69) is 5.32 Å². The minimum atomic E-state index is -0.506. The molecule has 2 rings (SSSR count). The van der Waals surface area contributed by atoms with E-state index in [-0.39, 0.29) is 0 Å². The Bertz CT molecular complexity index is 447. The zero-order valence-electron chi connectivity index (χ0n) is 11.7. The summed E-state index contributed by atoms with van der Waals surface area (Å²) < 4.78 is 11.0. The summed E-state index contributed by atoms with van der Waals surface area (Å²) in [4.78, 5) is 11.7. The molecular weight excluding hydrogens is 242 g/mol. The number of hydrogen-bond acceptors (Lipinski definition) is 3. The Morgan fingerprint density at radius 1 is 1.32 bits per heavy atom. The van der Waals surface area contributed by atoms with Gasteiger partial charge in [0.2, 0.25) is 0 Å². The number of hydrogen-bond donors (Lipinski definition) is 1. The lowest BCUT2D eigenvalue weighted by atomic mass is 10.2. The zero-order chi connectivity index (χ0) is 13.9. The molecule has 0 radical (unpaired) electrons. The molecule has 1 N–H and O–H groups in total. The van der Waals surface area contributed by atoms with Gasteiger partial charge < -0.3 is 9.47 Å². The summed E-state index contributed by atoms with van der Waals surface area (Å²) in [5.74, 6) is 1.37. The molecular formula is C15H21NO3. The van der Waals surface area contributed by atoms with E-state index in [1.54, 1.807) is 0 Å². The highest BCUT2D eigenvalue weighted by Crippen LogP contribution is 2.31. The predicted octanol–water partition coefficient (Wildman–Crippen LogP) is 3.82. The fourth-order valence-corrected chi connectivity index (χ4v) is 1.60. The van der Waals surface area contributed by atoms with E-state index in [4.69, 9.17) is 9.47 Å². The zero-order valence-corrected chi connectivity index (χ0v) is 11.7. The summed E-state index contributed by atoms with van der Waals surface area (Å²) in [7, 11) is 0. The number of amides is 1. The smallest absolute Gasteiger partial charge is 0.412 e. The highest BCUT2D eigenvalue weighted by atomic mass is 16.6. The Hall–Kier alpha value is -1.71. The van der Waals surface area contributed by atoms with Gasteiger partial charge in [0, 0.05) is 0 Å². The number of anilines is 1. The van der Waals surface area contributed by atoms with Crippen molar-refractivity contribution in [3.05, 3.63) is 24.3 Å². The molecule has 4 heteroatoms. The van der Waals surface area contributed by atoms with Gasteiger partial charge in [-0.15, -0.1) is 0 Å². The van der Waals surface area contributed by atoms with Gasteiger partial charge >= 0.3 is 6.09 Å². The lowest BCUT2D eigenvalue weighted by Crippen LogP contribution is -2.27. The van der Waals surface area contributed by atoms with Crippen LogP contribution in [0.3, 0.4) is 0 Å². The maximum atomic E-state index is 11.7. The third-order valence-electron chi connectivity index (χ3n) is 2.69. The van der Waals surface area contributed by atoms with Gasteiger partial charge in [0.25, 0.3) is 0 Å². The van der Waals surface area contributed by atoms with Gasteiger partial charge in [0.1, 0.15) is 11.4 Å². The summed E-state index contributed by atoms with van der Waals surface area (Å²) >= 11 is 0. The third kappa shape index (κ3) is 4.81. The molecule has 0 aromatic heterocycles. The Morgan fingerprint density at radius 2 is 2.00 bits per heavy atom. The van der Waals surface area contributed by atoms with Crippen molar-refractivity contribution in [2.45, 2.75) is 39.2 Å². The van der Waals surface area contributed by atoms with Crippen molar-refractivity contribution < 1.29 is 14.3 Å². The van der Waals surface area contributed by atoms with E-state index in [1.165, 1.54) is 12.8 Å². The summed E-state index contributed by atoms with van der Waals surface area (Å²) in [5.41, 5.74) is 0.144. The van der Waals surface area contributed by atoms with Gasteiger partial charge in [-0.2, -0.15) is 0 Å². The number of carbonyl (C=O) groups is 1. The molecule has 0 saturated heterocycles. The number of nitrogens with one attached hydrogen (secondary N) is 1. The van der Waals surface area contributed by atoms with Crippen LogP contribution < -0.4 is 10.1 Å². The van der Waals surface area contributed by atoms with E-state index >= 15 is 0 Å². The number of benzene rings is 1. The SMILES string of the molecule is CC(C)(C)OC(=O)Nc1ccccc1OCC1CC1. The molecule has 1 fully saturated rings. The molecule has 0 heterocycles. The first kappa shape index (κ1) is 13.7. The molecule has 1 amide bonds. The average Bonchev–Trinajstić information content (AvgIpc) is 3.09. The molecule has 4 nitrogen and oxygen atoms in total. The van der Waals surface area contributed by atoms with Crippen LogP contribution in [0.15, 0.2) is 24.3 Å². The summed E-state index contributed by atoms with van der Waals surface area (Å²) in [6, 6.07) is 7.42. The van der Waals surface area contributed by atoms with Crippen molar-refractivity contribution in [2.24, 2.45) is 5.92 Å². The first-order chi connectivity index (χ1) is 8.94. The predicted molar refractivity (Wildman–Crippen MR) is 74.5 cm³/mol. The fraction of sp³-hybridized carbons (Fsp3) is 0.533. The molecule has 1 aliphatic carbocycles. The Balaban J connectivity index is 1.96. The first-order valence-corrected chi connectivity index (χ1v) is 6.66. The monoisotopic (exact) mass is 263 g/mol. The molecule has 0 unspecified atom stereocenters. The molecule has 1 aromatic carbocycles. The number of ether oxygens (including phenoxy) is 2. The Labute approximate surface area is 114 Å².